The molecule has 1 unspecified atom stereocenters. The molecule has 2 N–H and O–H groups in total. The summed E-state index contributed by atoms with van der Waals surface area (Å²) in [5, 5.41) is 0.330. The molecule has 0 bridgehead atoms. The predicted molar refractivity (Wildman–Crippen MR) is 81.6 cm³/mol. The van der Waals surface area contributed by atoms with Gasteiger partial charge in [-0.05, 0) is 43.9 Å². The van der Waals surface area contributed by atoms with Crippen molar-refractivity contribution in [2.24, 2.45) is 11.7 Å². The maximum absolute atomic E-state index is 12.7. The second-order valence-corrected chi connectivity index (χ2v) is 7.69. The predicted octanol–water partition coefficient (Wildman–Crippen LogP) is 2.74. The normalized spacial score (nSPS) is 21.1. The molecular formula is C13H18Cl2N2O2S. The average Bonchev–Trinajstić information content (AvgIpc) is 2.39. The molecule has 0 radical (unpaired) electrons. The van der Waals surface area contributed by atoms with E-state index in [-0.39, 0.29) is 14.9 Å². The van der Waals surface area contributed by atoms with Gasteiger partial charge in [-0.2, -0.15) is 4.31 Å². The molecule has 1 aromatic carbocycles. The first-order valence-corrected chi connectivity index (χ1v) is 8.80. The molecule has 1 heterocycles. The molecule has 0 saturated carbocycles. The van der Waals surface area contributed by atoms with E-state index in [2.05, 4.69) is 0 Å². The molecule has 0 spiro atoms. The van der Waals surface area contributed by atoms with Gasteiger partial charge in [-0.3, -0.25) is 0 Å². The molecule has 0 amide bonds. The Morgan fingerprint density at radius 1 is 1.30 bits per heavy atom. The van der Waals surface area contributed by atoms with Gasteiger partial charge in [-0.1, -0.05) is 29.3 Å². The first kappa shape index (κ1) is 16.0. The average molecular weight is 337 g/mol. The zero-order valence-electron chi connectivity index (χ0n) is 11.1. The monoisotopic (exact) mass is 336 g/mol. The van der Waals surface area contributed by atoms with E-state index in [1.807, 2.05) is 0 Å². The van der Waals surface area contributed by atoms with Gasteiger partial charge >= 0.3 is 0 Å². The van der Waals surface area contributed by atoms with Gasteiger partial charge < -0.3 is 5.73 Å². The summed E-state index contributed by atoms with van der Waals surface area (Å²) in [5.74, 6) is 0.310. The summed E-state index contributed by atoms with van der Waals surface area (Å²) < 4.78 is 26.9. The zero-order valence-corrected chi connectivity index (χ0v) is 13.4. The molecule has 1 aliphatic heterocycles. The van der Waals surface area contributed by atoms with Crippen LogP contribution in [0.3, 0.4) is 0 Å². The molecule has 1 saturated heterocycles. The lowest BCUT2D eigenvalue weighted by molar-refractivity contribution is 0.258. The fourth-order valence-corrected chi connectivity index (χ4v) is 5.22. The van der Waals surface area contributed by atoms with Crippen molar-refractivity contribution in [1.82, 2.24) is 4.31 Å². The van der Waals surface area contributed by atoms with Crippen molar-refractivity contribution in [1.29, 1.82) is 0 Å². The zero-order chi connectivity index (χ0) is 14.8. The topological polar surface area (TPSA) is 63.4 Å². The number of halogens is 2. The minimum absolute atomic E-state index is 0.0109. The van der Waals surface area contributed by atoms with Gasteiger partial charge in [0.1, 0.15) is 4.90 Å². The van der Waals surface area contributed by atoms with Crippen molar-refractivity contribution < 1.29 is 8.42 Å². The third kappa shape index (κ3) is 3.28. The summed E-state index contributed by atoms with van der Waals surface area (Å²) in [5.41, 5.74) is 5.56. The molecule has 2 rings (SSSR count). The van der Waals surface area contributed by atoms with E-state index < -0.39 is 10.0 Å². The third-order valence-corrected chi connectivity index (χ3v) is 6.39. The molecule has 1 aliphatic rings. The van der Waals surface area contributed by atoms with Crippen molar-refractivity contribution in [2.75, 3.05) is 19.6 Å². The van der Waals surface area contributed by atoms with Gasteiger partial charge in [0.25, 0.3) is 0 Å². The van der Waals surface area contributed by atoms with Gasteiger partial charge in [0.05, 0.1) is 10.0 Å². The molecule has 1 atom stereocenters. The van der Waals surface area contributed by atoms with E-state index in [4.69, 9.17) is 28.9 Å². The number of sulfonamides is 1. The molecular weight excluding hydrogens is 319 g/mol. The SMILES string of the molecule is NCCC1CCCN(S(=O)(=O)c2c(Cl)cccc2Cl)C1. The number of rotatable bonds is 4. The van der Waals surface area contributed by atoms with Crippen molar-refractivity contribution in [3.8, 4) is 0 Å². The minimum atomic E-state index is -3.65. The summed E-state index contributed by atoms with van der Waals surface area (Å²) in [7, 11) is -3.65. The second kappa shape index (κ2) is 6.62. The summed E-state index contributed by atoms with van der Waals surface area (Å²) in [6.07, 6.45) is 2.69. The number of nitrogens with two attached hydrogens (primary N) is 1. The van der Waals surface area contributed by atoms with Crippen LogP contribution in [-0.4, -0.2) is 32.4 Å². The fourth-order valence-electron chi connectivity index (χ4n) is 2.57. The van der Waals surface area contributed by atoms with E-state index in [1.165, 1.54) is 4.31 Å². The van der Waals surface area contributed by atoms with Crippen molar-refractivity contribution in [3.05, 3.63) is 28.2 Å². The Labute approximate surface area is 129 Å². The van der Waals surface area contributed by atoms with Crippen LogP contribution in [0.25, 0.3) is 0 Å². The molecule has 0 aromatic heterocycles. The fraction of sp³-hybridized carbons (Fsp3) is 0.538. The smallest absolute Gasteiger partial charge is 0.246 e. The molecule has 1 fully saturated rings. The molecule has 1 aromatic rings. The van der Waals surface area contributed by atoms with E-state index in [0.29, 0.717) is 25.6 Å². The van der Waals surface area contributed by atoms with Crippen LogP contribution < -0.4 is 5.73 Å². The number of piperidine rings is 1. The molecule has 4 nitrogen and oxygen atoms in total. The largest absolute Gasteiger partial charge is 0.330 e. The van der Waals surface area contributed by atoms with Crippen molar-refractivity contribution >= 4 is 33.2 Å². The van der Waals surface area contributed by atoms with Crippen molar-refractivity contribution in [2.45, 2.75) is 24.2 Å². The van der Waals surface area contributed by atoms with Gasteiger partial charge in [0, 0.05) is 13.1 Å². The highest BCUT2D eigenvalue weighted by Gasteiger charge is 2.32. The van der Waals surface area contributed by atoms with E-state index in [9.17, 15) is 8.42 Å². The highest BCUT2D eigenvalue weighted by molar-refractivity contribution is 7.89. The van der Waals surface area contributed by atoms with E-state index >= 15 is 0 Å². The molecule has 20 heavy (non-hydrogen) atoms. The number of benzene rings is 1. The Bertz CT molecular complexity index is 555. The Morgan fingerprint density at radius 3 is 2.55 bits per heavy atom. The van der Waals surface area contributed by atoms with Crippen LogP contribution >= 0.6 is 23.2 Å². The standard InChI is InChI=1S/C13H18Cl2N2O2S/c14-11-4-1-5-12(15)13(11)20(18,19)17-8-2-3-10(9-17)6-7-16/h1,4-5,10H,2-3,6-9,16H2. The Morgan fingerprint density at radius 2 is 1.95 bits per heavy atom. The van der Waals surface area contributed by atoms with Gasteiger partial charge in [0.15, 0.2) is 0 Å². The lowest BCUT2D eigenvalue weighted by Crippen LogP contribution is -2.40. The first-order valence-electron chi connectivity index (χ1n) is 6.61. The molecule has 7 heteroatoms. The van der Waals surface area contributed by atoms with Gasteiger partial charge in [0.2, 0.25) is 10.0 Å². The van der Waals surface area contributed by atoms with Crippen LogP contribution in [-0.2, 0) is 10.0 Å². The first-order chi connectivity index (χ1) is 9.46. The van der Waals surface area contributed by atoms with Gasteiger partial charge in [-0.25, -0.2) is 8.42 Å². The summed E-state index contributed by atoms with van der Waals surface area (Å²) in [4.78, 5) is 0.0109. The van der Waals surface area contributed by atoms with Gasteiger partial charge in [-0.15, -0.1) is 0 Å². The van der Waals surface area contributed by atoms with Crippen molar-refractivity contribution in [3.63, 3.8) is 0 Å². The van der Waals surface area contributed by atoms with Crippen LogP contribution in [0.4, 0.5) is 0 Å². The van der Waals surface area contributed by atoms with Crippen LogP contribution in [0.1, 0.15) is 19.3 Å². The van der Waals surface area contributed by atoms with Crippen LogP contribution in [0.15, 0.2) is 23.1 Å². The molecule has 0 aliphatic carbocycles. The minimum Gasteiger partial charge on any atom is -0.330 e. The van der Waals surface area contributed by atoms with Crippen LogP contribution in [0, 0.1) is 5.92 Å². The number of nitrogens with zero attached hydrogens (tertiary/aromatic N) is 1. The van der Waals surface area contributed by atoms with E-state index in [1.54, 1.807) is 18.2 Å². The Balaban J connectivity index is 2.30. The third-order valence-electron chi connectivity index (χ3n) is 3.57. The number of hydrogen-bond acceptors (Lipinski definition) is 3. The lowest BCUT2D eigenvalue weighted by atomic mass is 9.96. The Hall–Kier alpha value is -0.330. The second-order valence-electron chi connectivity index (χ2n) is 5.00. The Kier molecular flexibility index (Phi) is 5.31. The van der Waals surface area contributed by atoms with Crippen LogP contribution in [0.2, 0.25) is 10.0 Å². The maximum Gasteiger partial charge on any atom is 0.246 e. The summed E-state index contributed by atoms with van der Waals surface area (Å²) in [6.45, 7) is 1.57. The summed E-state index contributed by atoms with van der Waals surface area (Å²) in [6, 6.07) is 4.72. The quantitative estimate of drug-likeness (QED) is 0.919. The van der Waals surface area contributed by atoms with E-state index in [0.717, 1.165) is 19.3 Å². The summed E-state index contributed by atoms with van der Waals surface area (Å²) >= 11 is 12.0. The maximum atomic E-state index is 12.7. The number of hydrogen-bond donors (Lipinski definition) is 1. The van der Waals surface area contributed by atoms with Crippen LogP contribution in [0.5, 0.6) is 0 Å². The highest BCUT2D eigenvalue weighted by Crippen LogP contribution is 2.33. The molecule has 112 valence electrons. The highest BCUT2D eigenvalue weighted by atomic mass is 35.5. The lowest BCUT2D eigenvalue weighted by Gasteiger charge is -2.32.